The van der Waals surface area contributed by atoms with Gasteiger partial charge in [-0.15, -0.1) is 0 Å². The third-order valence-electron chi connectivity index (χ3n) is 1.77. The maximum atomic E-state index is 10.3. The number of anilines is 1. The largest absolute Gasteiger partial charge is 0.508 e. The van der Waals surface area contributed by atoms with Crippen molar-refractivity contribution in [3.63, 3.8) is 0 Å². The standard InChI is InChI=1S/C11H12N2O2/c1-9(8-14)7-12-13(2)10-3-5-11(15)6-4-10/h3-8,15H,1H2,2H3/b12-7-. The molecule has 4 heteroatoms. The molecule has 0 aliphatic heterocycles. The highest BCUT2D eigenvalue weighted by Gasteiger charge is 1.97. The van der Waals surface area contributed by atoms with Crippen LogP contribution in [0, 0.1) is 0 Å². The second kappa shape index (κ2) is 4.95. The molecule has 1 aromatic carbocycles. The lowest BCUT2D eigenvalue weighted by Crippen LogP contribution is -2.08. The molecule has 0 aliphatic rings. The van der Waals surface area contributed by atoms with Gasteiger partial charge in [-0.3, -0.25) is 9.80 Å². The Kier molecular flexibility index (Phi) is 3.62. The molecule has 0 aromatic heterocycles. The maximum absolute atomic E-state index is 10.3. The van der Waals surface area contributed by atoms with Crippen LogP contribution in [0.1, 0.15) is 0 Å². The first-order valence-corrected chi connectivity index (χ1v) is 4.34. The Labute approximate surface area is 88.1 Å². The first-order valence-electron chi connectivity index (χ1n) is 4.34. The van der Waals surface area contributed by atoms with Gasteiger partial charge in [0.2, 0.25) is 0 Å². The molecule has 0 bridgehead atoms. The van der Waals surface area contributed by atoms with Crippen LogP contribution in [0.4, 0.5) is 5.69 Å². The molecular formula is C11H12N2O2. The fourth-order valence-electron chi connectivity index (χ4n) is 0.926. The van der Waals surface area contributed by atoms with Gasteiger partial charge in [-0.1, -0.05) is 6.58 Å². The highest BCUT2D eigenvalue weighted by molar-refractivity contribution is 6.01. The summed E-state index contributed by atoms with van der Waals surface area (Å²) in [5.41, 5.74) is 1.11. The van der Waals surface area contributed by atoms with Crippen molar-refractivity contribution in [1.29, 1.82) is 0 Å². The molecule has 15 heavy (non-hydrogen) atoms. The summed E-state index contributed by atoms with van der Waals surface area (Å²) in [4.78, 5) is 10.3. The van der Waals surface area contributed by atoms with Gasteiger partial charge < -0.3 is 5.11 Å². The van der Waals surface area contributed by atoms with Crippen molar-refractivity contribution in [3.8, 4) is 5.75 Å². The number of carbonyl (C=O) groups excluding carboxylic acids is 1. The molecule has 78 valence electrons. The first kappa shape index (κ1) is 11.0. The van der Waals surface area contributed by atoms with Crippen LogP contribution in [0.3, 0.4) is 0 Å². The Morgan fingerprint density at radius 1 is 1.47 bits per heavy atom. The zero-order valence-corrected chi connectivity index (χ0v) is 8.42. The van der Waals surface area contributed by atoms with E-state index in [9.17, 15) is 4.79 Å². The van der Waals surface area contributed by atoms with Gasteiger partial charge >= 0.3 is 0 Å². The molecular weight excluding hydrogens is 192 g/mol. The van der Waals surface area contributed by atoms with Crippen LogP contribution in [0.15, 0.2) is 41.5 Å². The summed E-state index contributed by atoms with van der Waals surface area (Å²) in [6, 6.07) is 6.57. The predicted molar refractivity (Wildman–Crippen MR) is 60.2 cm³/mol. The van der Waals surface area contributed by atoms with Crippen LogP contribution in [0.5, 0.6) is 5.75 Å². The van der Waals surface area contributed by atoms with Crippen molar-refractivity contribution in [2.75, 3.05) is 12.1 Å². The van der Waals surface area contributed by atoms with Gasteiger partial charge in [0.15, 0.2) is 6.29 Å². The molecule has 0 saturated carbocycles. The maximum Gasteiger partial charge on any atom is 0.151 e. The van der Waals surface area contributed by atoms with E-state index in [1.807, 2.05) is 0 Å². The van der Waals surface area contributed by atoms with E-state index in [0.29, 0.717) is 11.9 Å². The zero-order chi connectivity index (χ0) is 11.3. The summed E-state index contributed by atoms with van der Waals surface area (Å²) in [7, 11) is 1.74. The molecule has 0 radical (unpaired) electrons. The van der Waals surface area contributed by atoms with Gasteiger partial charge in [-0.05, 0) is 24.3 Å². The molecule has 0 saturated heterocycles. The molecule has 0 fully saturated rings. The Morgan fingerprint density at radius 2 is 2.07 bits per heavy atom. The van der Waals surface area contributed by atoms with E-state index >= 15 is 0 Å². The summed E-state index contributed by atoms with van der Waals surface area (Å²) < 4.78 is 0. The summed E-state index contributed by atoms with van der Waals surface area (Å²) in [6.45, 7) is 3.47. The number of phenols is 1. The van der Waals surface area contributed by atoms with Gasteiger partial charge in [0, 0.05) is 12.6 Å². The van der Waals surface area contributed by atoms with Crippen LogP contribution in [0.2, 0.25) is 0 Å². The van der Waals surface area contributed by atoms with Crippen LogP contribution >= 0.6 is 0 Å². The number of phenolic OH excluding ortho intramolecular Hbond substituents is 1. The molecule has 0 heterocycles. The summed E-state index contributed by atoms with van der Waals surface area (Å²) in [6.07, 6.45) is 2.01. The monoisotopic (exact) mass is 204 g/mol. The quantitative estimate of drug-likeness (QED) is 0.350. The van der Waals surface area contributed by atoms with E-state index in [0.717, 1.165) is 5.69 Å². The fraction of sp³-hybridized carbons (Fsp3) is 0.0909. The van der Waals surface area contributed by atoms with E-state index in [1.54, 1.807) is 36.3 Å². The Balaban J connectivity index is 2.72. The van der Waals surface area contributed by atoms with Crippen molar-refractivity contribution in [2.45, 2.75) is 0 Å². The summed E-state index contributed by atoms with van der Waals surface area (Å²) >= 11 is 0. The van der Waals surface area contributed by atoms with Crippen LogP contribution in [-0.2, 0) is 4.79 Å². The lowest BCUT2D eigenvalue weighted by molar-refractivity contribution is -0.104. The minimum atomic E-state index is 0.202. The number of rotatable bonds is 4. The Bertz CT molecular complexity index is 382. The van der Waals surface area contributed by atoms with E-state index in [2.05, 4.69) is 11.7 Å². The van der Waals surface area contributed by atoms with E-state index < -0.39 is 0 Å². The van der Waals surface area contributed by atoms with Crippen molar-refractivity contribution < 1.29 is 9.90 Å². The molecule has 0 aliphatic carbocycles. The van der Waals surface area contributed by atoms with Gasteiger partial charge in [-0.2, -0.15) is 5.10 Å². The van der Waals surface area contributed by atoms with Crippen molar-refractivity contribution in [3.05, 3.63) is 36.4 Å². The number of hydrazone groups is 1. The lowest BCUT2D eigenvalue weighted by atomic mass is 10.3. The zero-order valence-electron chi connectivity index (χ0n) is 8.42. The Hall–Kier alpha value is -2.10. The van der Waals surface area contributed by atoms with Crippen LogP contribution in [0.25, 0.3) is 0 Å². The molecule has 0 spiro atoms. The minimum Gasteiger partial charge on any atom is -0.508 e. The first-order chi connectivity index (χ1) is 7.13. The number of hydrogen-bond acceptors (Lipinski definition) is 4. The number of carbonyl (C=O) groups is 1. The minimum absolute atomic E-state index is 0.202. The van der Waals surface area contributed by atoms with E-state index in [-0.39, 0.29) is 5.75 Å². The molecule has 1 N–H and O–H groups in total. The van der Waals surface area contributed by atoms with Crippen LogP contribution < -0.4 is 5.01 Å². The van der Waals surface area contributed by atoms with E-state index in [1.165, 1.54) is 6.21 Å². The number of allylic oxidation sites excluding steroid dienone is 1. The molecule has 0 amide bonds. The van der Waals surface area contributed by atoms with Crippen molar-refractivity contribution >= 4 is 18.2 Å². The molecule has 4 nitrogen and oxygen atoms in total. The van der Waals surface area contributed by atoms with Crippen LogP contribution in [-0.4, -0.2) is 24.7 Å². The van der Waals surface area contributed by atoms with Gasteiger partial charge in [0.25, 0.3) is 0 Å². The summed E-state index contributed by atoms with van der Waals surface area (Å²) in [5.74, 6) is 0.202. The fourth-order valence-corrected chi connectivity index (χ4v) is 0.926. The van der Waals surface area contributed by atoms with Crippen molar-refractivity contribution in [2.24, 2.45) is 5.10 Å². The second-order valence-electron chi connectivity index (χ2n) is 2.98. The average Bonchev–Trinajstić information content (AvgIpc) is 2.26. The second-order valence-corrected chi connectivity index (χ2v) is 2.98. The van der Waals surface area contributed by atoms with Crippen molar-refractivity contribution in [1.82, 2.24) is 0 Å². The predicted octanol–water partition coefficient (Wildman–Crippen LogP) is 1.57. The SMILES string of the molecule is C=C(C=O)/C=N\N(C)c1ccc(O)cc1. The third kappa shape index (κ3) is 3.27. The number of hydrogen-bond donors (Lipinski definition) is 1. The smallest absolute Gasteiger partial charge is 0.151 e. The van der Waals surface area contributed by atoms with Gasteiger partial charge in [0.1, 0.15) is 5.75 Å². The third-order valence-corrected chi connectivity index (χ3v) is 1.77. The highest BCUT2D eigenvalue weighted by Crippen LogP contribution is 2.16. The topological polar surface area (TPSA) is 52.9 Å². The van der Waals surface area contributed by atoms with Gasteiger partial charge in [0.05, 0.1) is 11.9 Å². The average molecular weight is 204 g/mol. The lowest BCUT2D eigenvalue weighted by Gasteiger charge is -2.12. The number of nitrogens with zero attached hydrogens (tertiary/aromatic N) is 2. The Morgan fingerprint density at radius 3 is 2.60 bits per heavy atom. The number of aromatic hydroxyl groups is 1. The normalized spacial score (nSPS) is 10.2. The molecule has 1 rings (SSSR count). The molecule has 0 unspecified atom stereocenters. The number of aldehydes is 1. The highest BCUT2D eigenvalue weighted by atomic mass is 16.3. The van der Waals surface area contributed by atoms with Gasteiger partial charge in [-0.25, -0.2) is 0 Å². The van der Waals surface area contributed by atoms with E-state index in [4.69, 9.17) is 5.11 Å². The molecule has 0 atom stereocenters. The number of benzene rings is 1. The summed E-state index contributed by atoms with van der Waals surface area (Å²) in [5, 5.41) is 14.6. The molecule has 1 aromatic rings.